The molecule has 4 amide bonds. The van der Waals surface area contributed by atoms with E-state index in [1.807, 2.05) is 194 Å². The second-order valence-corrected chi connectivity index (χ2v) is 29.2. The topological polar surface area (TPSA) is 434 Å². The third-order valence-corrected chi connectivity index (χ3v) is 21.0. The Balaban J connectivity index is 0.000000119. The molecule has 0 saturated carbocycles. The number of carbonyl (C=O) groups excluding carboxylic acids is 4. The molecule has 12 N–H and O–H groups in total. The molecule has 20 rings (SSSR count). The number of methoxy groups -OCH3 is 1. The molecule has 0 aliphatic carbocycles. The number of hydrogen-bond acceptors (Lipinski definition) is 20. The van der Waals surface area contributed by atoms with Crippen molar-refractivity contribution >= 4 is 72.9 Å². The molecule has 0 atom stereocenters. The van der Waals surface area contributed by atoms with E-state index in [1.54, 1.807) is 37.4 Å². The van der Waals surface area contributed by atoms with Gasteiger partial charge in [0.25, 0.3) is 23.6 Å². The maximum absolute atomic E-state index is 13.1. The van der Waals surface area contributed by atoms with Crippen LogP contribution in [0.1, 0.15) is 60.7 Å². The Morgan fingerprint density at radius 1 is 0.362 bits per heavy atom. The predicted octanol–water partition coefficient (Wildman–Crippen LogP) is 15.6. The lowest BCUT2D eigenvalue weighted by atomic mass is 9.96. The molecule has 11 aromatic carbocycles. The molecule has 9 heterocycles. The van der Waals surface area contributed by atoms with E-state index in [9.17, 15) is 23.6 Å². The number of aromatic nitrogens is 20. The number of para-hydroxylation sites is 1. The zero-order chi connectivity index (χ0) is 86.6. The van der Waals surface area contributed by atoms with Gasteiger partial charge in [0.05, 0.1) is 65.0 Å². The number of nitrogens with zero attached hydrogens (tertiary/aromatic N) is 12. The molecule has 0 radical (unpaired) electrons. The fourth-order valence-electron chi connectivity index (χ4n) is 14.5. The monoisotopic (exact) mass is 1690 g/mol. The summed E-state index contributed by atoms with van der Waals surface area (Å²) in [7, 11) is 1.62. The predicted molar refractivity (Wildman–Crippen MR) is 478 cm³/mol. The van der Waals surface area contributed by atoms with E-state index < -0.39 is 0 Å². The summed E-state index contributed by atoms with van der Waals surface area (Å²) < 4.78 is 34.9. The van der Waals surface area contributed by atoms with Gasteiger partial charge in [-0.3, -0.25) is 60.0 Å². The molecule has 632 valence electrons. The molecule has 0 unspecified atom stereocenters. The summed E-state index contributed by atoms with van der Waals surface area (Å²) in [4.78, 5) is 67.5. The summed E-state index contributed by atoms with van der Waals surface area (Å²) in [5, 5.41) is 72.6. The van der Waals surface area contributed by atoms with Crippen LogP contribution in [0.4, 0.5) is 10.1 Å². The summed E-state index contributed by atoms with van der Waals surface area (Å²) in [6.07, 6.45) is 9.03. The highest BCUT2D eigenvalue weighted by Gasteiger charge is 2.21. The molecular formula is C94H81FN24O8. The van der Waals surface area contributed by atoms with Crippen LogP contribution in [0.5, 0.6) is 17.2 Å². The van der Waals surface area contributed by atoms with Crippen LogP contribution < -0.4 is 35.5 Å². The number of nitrogens with one attached hydrogen (secondary N) is 12. The average Bonchev–Trinajstić information content (AvgIpc) is 1.67. The summed E-state index contributed by atoms with van der Waals surface area (Å²) in [6, 6.07) is 75.6. The molecule has 0 bridgehead atoms. The van der Waals surface area contributed by atoms with E-state index in [-0.39, 0.29) is 29.4 Å². The van der Waals surface area contributed by atoms with Gasteiger partial charge in [-0.2, -0.15) is 40.8 Å². The first-order valence-corrected chi connectivity index (χ1v) is 40.7. The number of carbonyl (C=O) groups is 4. The van der Waals surface area contributed by atoms with E-state index in [4.69, 9.17) is 18.9 Å². The highest BCUT2D eigenvalue weighted by Crippen LogP contribution is 2.36. The van der Waals surface area contributed by atoms with Crippen LogP contribution in [-0.4, -0.2) is 178 Å². The normalized spacial score (nSPS) is 11.8. The van der Waals surface area contributed by atoms with Crippen LogP contribution in [0.2, 0.25) is 0 Å². The van der Waals surface area contributed by atoms with Crippen LogP contribution in [0, 0.1) is 11.7 Å². The number of aromatic amines is 8. The van der Waals surface area contributed by atoms with Gasteiger partial charge in [-0.05, 0) is 207 Å². The maximum Gasteiger partial charge on any atom is 0.255 e. The van der Waals surface area contributed by atoms with Crippen molar-refractivity contribution in [2.75, 3.05) is 58.5 Å². The summed E-state index contributed by atoms with van der Waals surface area (Å²) in [6.45, 7) is 3.87. The third-order valence-electron chi connectivity index (χ3n) is 21.0. The van der Waals surface area contributed by atoms with Crippen molar-refractivity contribution in [3.8, 4) is 108 Å². The number of anilines is 1. The van der Waals surface area contributed by atoms with Gasteiger partial charge < -0.3 is 40.2 Å². The molecule has 1 saturated heterocycles. The van der Waals surface area contributed by atoms with Gasteiger partial charge in [-0.15, -0.1) is 0 Å². The number of halogens is 1. The van der Waals surface area contributed by atoms with Crippen LogP contribution in [0.3, 0.4) is 0 Å². The van der Waals surface area contributed by atoms with Crippen molar-refractivity contribution in [1.82, 2.24) is 117 Å². The summed E-state index contributed by atoms with van der Waals surface area (Å²) in [5.74, 6) is 4.58. The van der Waals surface area contributed by atoms with Gasteiger partial charge in [0, 0.05) is 114 Å². The molecule has 1 aliphatic rings. The Bertz CT molecular complexity index is 6940. The van der Waals surface area contributed by atoms with Crippen molar-refractivity contribution in [1.29, 1.82) is 0 Å². The largest absolute Gasteiger partial charge is 0.497 e. The first-order chi connectivity index (χ1) is 62.4. The number of benzene rings is 11. The van der Waals surface area contributed by atoms with E-state index >= 15 is 0 Å². The summed E-state index contributed by atoms with van der Waals surface area (Å²) >= 11 is 0. The molecule has 33 heteroatoms. The second-order valence-electron chi connectivity index (χ2n) is 29.2. The first-order valence-electron chi connectivity index (χ1n) is 40.7. The molecular weight excluding hydrogens is 1610 g/mol. The molecule has 0 spiro atoms. The molecule has 1 fully saturated rings. The molecule has 19 aromatic rings. The lowest BCUT2D eigenvalue weighted by Crippen LogP contribution is -2.28. The van der Waals surface area contributed by atoms with Crippen molar-refractivity contribution in [3.63, 3.8) is 0 Å². The number of rotatable bonds is 25. The molecule has 127 heavy (non-hydrogen) atoms. The van der Waals surface area contributed by atoms with Crippen molar-refractivity contribution in [2.24, 2.45) is 5.92 Å². The van der Waals surface area contributed by atoms with Crippen molar-refractivity contribution < 1.29 is 42.5 Å². The van der Waals surface area contributed by atoms with E-state index in [1.165, 1.54) is 49.6 Å². The Kier molecular flexibility index (Phi) is 25.5. The lowest BCUT2D eigenvalue weighted by Gasteiger charge is -2.21. The van der Waals surface area contributed by atoms with Crippen molar-refractivity contribution in [2.45, 2.75) is 19.3 Å². The van der Waals surface area contributed by atoms with Gasteiger partial charge in [-0.25, -0.2) is 24.3 Å². The van der Waals surface area contributed by atoms with Crippen LogP contribution in [0.25, 0.3) is 134 Å². The highest BCUT2D eigenvalue weighted by molar-refractivity contribution is 6.06. The Hall–Kier alpha value is -17.0. The minimum Gasteiger partial charge on any atom is -0.497 e. The van der Waals surface area contributed by atoms with Gasteiger partial charge >= 0.3 is 0 Å². The van der Waals surface area contributed by atoms with E-state index in [0.717, 1.165) is 155 Å². The fourth-order valence-corrected chi connectivity index (χ4v) is 14.5. The number of fused-ring (bicyclic) bond motifs is 4. The number of ether oxygens (including phenoxy) is 4. The van der Waals surface area contributed by atoms with Gasteiger partial charge in [0.15, 0.2) is 23.3 Å². The van der Waals surface area contributed by atoms with E-state index in [0.29, 0.717) is 95.8 Å². The van der Waals surface area contributed by atoms with Crippen molar-refractivity contribution in [3.05, 3.63) is 302 Å². The van der Waals surface area contributed by atoms with E-state index in [2.05, 4.69) is 123 Å². The standard InChI is InChI=1S/C25H22N6O3.C24H20N6O2.C23H24N6O2.C22H15FN6O/c1-33-19-6-8-20(9-7-19)34-12-11-26-25(32)18-4-2-3-16(13-18)23-21-14-17(24-27-15-28-31-24)5-10-22(21)29-30-23;31-24(25-11-12-32-19-7-2-1-3-8-19)18-6-4-5-16(13-18)22-20-14-17(23-26-15-27-30-23)9-10-21(20)28-29-22;30-23(24-9-6-15-7-10-31-11-8-15)18-3-1-2-16(12-18)21-19-13-17(22-25-14-26-29-22)4-5-20(19)27-28-21;23-16-5-7-17(8-6-16)26-22(30)15-3-1-2-13(10-15)20-18-11-14(21-24-12-25-29-21)4-9-19(18)27-28-20/h2-10,13-15H,11-12H2,1H3,(H,26,32)(H,29,30)(H,27,28,31);1-10,13-15H,11-12H2,(H,25,31)(H,28,29)(H,26,27,30);1-5,12-15H,6-11H2,(H,24,30)(H,27,28)(H,25,26,29);1-12H,(H,26,30)(H,27,28)(H,24,25,29). The lowest BCUT2D eigenvalue weighted by molar-refractivity contribution is 0.0636. The van der Waals surface area contributed by atoms with Crippen LogP contribution in [-0.2, 0) is 4.74 Å². The SMILES string of the molecule is COc1ccc(OCCNC(=O)c2cccc(-c3n[nH]c4ccc(-c5ncn[nH]5)cc34)c2)cc1.O=C(NCCC1CCOCC1)c1cccc(-c2n[nH]c3ccc(-c4ncn[nH]4)cc23)c1.O=C(NCCOc1ccccc1)c1cccc(-c2n[nH]c3ccc(-c4ncn[nH]4)cc23)c1.O=C(Nc1ccc(F)cc1)c1cccc(-c2n[nH]c3ccc(-c4ncn[nH]4)cc23)c1. The highest BCUT2D eigenvalue weighted by atomic mass is 19.1. The third kappa shape index (κ3) is 20.1. The number of hydrogen-bond donors (Lipinski definition) is 12. The van der Waals surface area contributed by atoms with Crippen LogP contribution in [0.15, 0.2) is 274 Å². The maximum atomic E-state index is 13.1. The zero-order valence-corrected chi connectivity index (χ0v) is 68.1. The fraction of sp³-hybridized carbons (Fsp3) is 0.128. The Labute approximate surface area is 722 Å². The summed E-state index contributed by atoms with van der Waals surface area (Å²) in [5.41, 5.74) is 16.3. The van der Waals surface area contributed by atoms with Gasteiger partial charge in [-0.1, -0.05) is 66.7 Å². The zero-order valence-electron chi connectivity index (χ0n) is 68.1. The minimum atomic E-state index is -0.356. The quantitative estimate of drug-likeness (QED) is 0.0236. The van der Waals surface area contributed by atoms with Gasteiger partial charge in [0.2, 0.25) is 0 Å². The first kappa shape index (κ1) is 82.3. The number of amides is 4. The van der Waals surface area contributed by atoms with Crippen LogP contribution >= 0.6 is 0 Å². The smallest absolute Gasteiger partial charge is 0.255 e. The minimum absolute atomic E-state index is 0.0592. The molecule has 32 nitrogen and oxygen atoms in total. The Morgan fingerprint density at radius 3 is 1.06 bits per heavy atom. The Morgan fingerprint density at radius 2 is 0.709 bits per heavy atom. The molecule has 8 aromatic heterocycles. The second kappa shape index (κ2) is 39.3. The van der Waals surface area contributed by atoms with Gasteiger partial charge in [0.1, 0.15) is 61.6 Å². The number of H-pyrrole nitrogens is 8. The molecule has 1 aliphatic heterocycles. The average molecular weight is 1690 g/mol.